The van der Waals surface area contributed by atoms with Crippen LogP contribution in [0, 0.1) is 19.8 Å². The highest BCUT2D eigenvalue weighted by Crippen LogP contribution is 2.16. The number of ether oxygens (including phenoxy) is 1. The van der Waals surface area contributed by atoms with Crippen LogP contribution in [-0.2, 0) is 16.1 Å². The molecule has 0 aliphatic carbocycles. The molecule has 2 rings (SSSR count). The largest absolute Gasteiger partial charge is 0.484 e. The molecule has 156 valence electrons. The second-order valence-electron chi connectivity index (χ2n) is 7.87. The average Bonchev–Trinajstić information content (AvgIpc) is 2.69. The third-order valence-electron chi connectivity index (χ3n) is 4.81. The highest BCUT2D eigenvalue weighted by atomic mass is 16.5. The van der Waals surface area contributed by atoms with E-state index >= 15 is 0 Å². The molecule has 0 aliphatic rings. The van der Waals surface area contributed by atoms with E-state index in [0.29, 0.717) is 24.8 Å². The molecule has 0 spiro atoms. The molecule has 5 heteroatoms. The van der Waals surface area contributed by atoms with E-state index in [1.807, 2.05) is 76.2 Å². The van der Waals surface area contributed by atoms with Crippen molar-refractivity contribution in [3.8, 4) is 5.75 Å². The molecule has 0 saturated carbocycles. The average molecular weight is 397 g/mol. The lowest BCUT2D eigenvalue weighted by molar-refractivity contribution is -0.142. The maximum absolute atomic E-state index is 13.0. The van der Waals surface area contributed by atoms with Gasteiger partial charge in [0.25, 0.3) is 5.91 Å². The lowest BCUT2D eigenvalue weighted by Gasteiger charge is -2.29. The van der Waals surface area contributed by atoms with Crippen molar-refractivity contribution in [3.05, 3.63) is 65.2 Å². The maximum atomic E-state index is 13.0. The summed E-state index contributed by atoms with van der Waals surface area (Å²) in [6, 6.07) is 14.9. The summed E-state index contributed by atoms with van der Waals surface area (Å²) in [7, 11) is 0. The van der Waals surface area contributed by atoms with Gasteiger partial charge in [0.05, 0.1) is 0 Å². The fraction of sp³-hybridized carbons (Fsp3) is 0.417. The molecule has 29 heavy (non-hydrogen) atoms. The van der Waals surface area contributed by atoms with E-state index in [1.165, 1.54) is 0 Å². The standard InChI is InChI=1S/C24H32N2O3/c1-17(2)14-25-24(28)20(5)26(15-21-11-7-6-10-19(21)4)23(27)16-29-22-12-8-9-18(3)13-22/h6-13,17,20H,14-16H2,1-5H3,(H,25,28)/t20-/m0/s1. The Morgan fingerprint density at radius 2 is 1.76 bits per heavy atom. The van der Waals surface area contributed by atoms with E-state index in [1.54, 1.807) is 11.8 Å². The predicted octanol–water partition coefficient (Wildman–Crippen LogP) is 3.87. The van der Waals surface area contributed by atoms with Crippen molar-refractivity contribution < 1.29 is 14.3 Å². The molecule has 2 aromatic carbocycles. The van der Waals surface area contributed by atoms with Crippen LogP contribution in [0.2, 0.25) is 0 Å². The van der Waals surface area contributed by atoms with Gasteiger partial charge in [0, 0.05) is 13.1 Å². The van der Waals surface area contributed by atoms with E-state index < -0.39 is 6.04 Å². The first-order valence-electron chi connectivity index (χ1n) is 10.1. The number of benzene rings is 2. The molecule has 0 radical (unpaired) electrons. The van der Waals surface area contributed by atoms with Gasteiger partial charge in [-0.1, -0.05) is 50.2 Å². The fourth-order valence-corrected chi connectivity index (χ4v) is 2.94. The van der Waals surface area contributed by atoms with Crippen molar-refractivity contribution in [2.75, 3.05) is 13.2 Å². The fourth-order valence-electron chi connectivity index (χ4n) is 2.94. The number of carbonyl (C=O) groups is 2. The Balaban J connectivity index is 2.14. The van der Waals surface area contributed by atoms with Crippen molar-refractivity contribution in [1.29, 1.82) is 0 Å². The number of nitrogens with one attached hydrogen (secondary N) is 1. The minimum absolute atomic E-state index is 0.114. The van der Waals surface area contributed by atoms with Gasteiger partial charge in [0.15, 0.2) is 6.61 Å². The quantitative estimate of drug-likeness (QED) is 0.700. The molecule has 5 nitrogen and oxygen atoms in total. The van der Waals surface area contributed by atoms with E-state index in [2.05, 4.69) is 5.32 Å². The lowest BCUT2D eigenvalue weighted by Crippen LogP contribution is -2.49. The second-order valence-corrected chi connectivity index (χ2v) is 7.87. The second kappa shape index (κ2) is 10.6. The summed E-state index contributed by atoms with van der Waals surface area (Å²) < 4.78 is 5.70. The van der Waals surface area contributed by atoms with Crippen LogP contribution < -0.4 is 10.1 Å². The summed E-state index contributed by atoms with van der Waals surface area (Å²) in [5.74, 6) is 0.612. The number of amides is 2. The smallest absolute Gasteiger partial charge is 0.261 e. The molecular formula is C24H32N2O3. The SMILES string of the molecule is Cc1cccc(OCC(=O)N(Cc2ccccc2C)[C@@H](C)C(=O)NCC(C)C)c1. The Hall–Kier alpha value is -2.82. The molecule has 2 aromatic rings. The van der Waals surface area contributed by atoms with Crippen molar-refractivity contribution in [2.24, 2.45) is 5.92 Å². The Labute approximate surface area is 174 Å². The van der Waals surface area contributed by atoms with Gasteiger partial charge >= 0.3 is 0 Å². The summed E-state index contributed by atoms with van der Waals surface area (Å²) in [6.45, 7) is 10.6. The highest BCUT2D eigenvalue weighted by molar-refractivity contribution is 5.88. The summed E-state index contributed by atoms with van der Waals surface area (Å²) >= 11 is 0. The van der Waals surface area contributed by atoms with Crippen LogP contribution in [0.1, 0.15) is 37.5 Å². The lowest BCUT2D eigenvalue weighted by atomic mass is 10.1. The van der Waals surface area contributed by atoms with Crippen molar-refractivity contribution in [1.82, 2.24) is 10.2 Å². The van der Waals surface area contributed by atoms with Gasteiger partial charge in [-0.2, -0.15) is 0 Å². The monoisotopic (exact) mass is 396 g/mol. The molecule has 2 amide bonds. The number of nitrogens with zero attached hydrogens (tertiary/aromatic N) is 1. The molecular weight excluding hydrogens is 364 g/mol. The van der Waals surface area contributed by atoms with Gasteiger partial charge in [-0.15, -0.1) is 0 Å². The van der Waals surface area contributed by atoms with Crippen LogP contribution >= 0.6 is 0 Å². The van der Waals surface area contributed by atoms with Crippen molar-refractivity contribution >= 4 is 11.8 Å². The summed E-state index contributed by atoms with van der Waals surface area (Å²) in [6.07, 6.45) is 0. The molecule has 0 bridgehead atoms. The van der Waals surface area contributed by atoms with Gasteiger partial charge in [-0.05, 0) is 55.5 Å². The molecule has 1 atom stereocenters. The first kappa shape index (κ1) is 22.5. The van der Waals surface area contributed by atoms with E-state index in [-0.39, 0.29) is 18.4 Å². The van der Waals surface area contributed by atoms with Crippen molar-refractivity contribution in [2.45, 2.75) is 47.2 Å². The number of rotatable bonds is 9. The third kappa shape index (κ3) is 6.93. The normalized spacial score (nSPS) is 11.8. The van der Waals surface area contributed by atoms with Crippen LogP contribution in [0.3, 0.4) is 0 Å². The predicted molar refractivity (Wildman–Crippen MR) is 116 cm³/mol. The Morgan fingerprint density at radius 1 is 1.03 bits per heavy atom. The minimum Gasteiger partial charge on any atom is -0.484 e. The third-order valence-corrected chi connectivity index (χ3v) is 4.81. The number of hydrogen-bond acceptors (Lipinski definition) is 3. The zero-order chi connectivity index (χ0) is 21.4. The van der Waals surface area contributed by atoms with E-state index in [9.17, 15) is 9.59 Å². The molecule has 0 unspecified atom stereocenters. The van der Waals surface area contributed by atoms with Gasteiger partial charge in [-0.25, -0.2) is 0 Å². The molecule has 0 aromatic heterocycles. The van der Waals surface area contributed by atoms with Crippen LogP contribution in [0.25, 0.3) is 0 Å². The topological polar surface area (TPSA) is 58.6 Å². The first-order valence-corrected chi connectivity index (χ1v) is 10.1. The Morgan fingerprint density at radius 3 is 2.41 bits per heavy atom. The van der Waals surface area contributed by atoms with Crippen LogP contribution in [0.15, 0.2) is 48.5 Å². The van der Waals surface area contributed by atoms with Gasteiger partial charge in [-0.3, -0.25) is 9.59 Å². The number of aryl methyl sites for hydroxylation is 2. The van der Waals surface area contributed by atoms with Crippen molar-refractivity contribution in [3.63, 3.8) is 0 Å². The van der Waals surface area contributed by atoms with Gasteiger partial charge in [0.2, 0.25) is 5.91 Å². The van der Waals surface area contributed by atoms with Crippen LogP contribution in [-0.4, -0.2) is 35.9 Å². The van der Waals surface area contributed by atoms with Gasteiger partial charge in [0.1, 0.15) is 11.8 Å². The zero-order valence-corrected chi connectivity index (χ0v) is 18.1. The molecule has 1 N–H and O–H groups in total. The maximum Gasteiger partial charge on any atom is 0.261 e. The molecule has 0 heterocycles. The Kier molecular flexibility index (Phi) is 8.25. The van der Waals surface area contributed by atoms with E-state index in [0.717, 1.165) is 16.7 Å². The summed E-state index contributed by atoms with van der Waals surface area (Å²) in [5.41, 5.74) is 3.16. The minimum atomic E-state index is -0.595. The molecule has 0 fully saturated rings. The number of hydrogen-bond donors (Lipinski definition) is 1. The Bertz CT molecular complexity index is 832. The highest BCUT2D eigenvalue weighted by Gasteiger charge is 2.26. The summed E-state index contributed by atoms with van der Waals surface area (Å²) in [5, 5.41) is 2.93. The first-order chi connectivity index (χ1) is 13.8. The van der Waals surface area contributed by atoms with Gasteiger partial charge < -0.3 is 15.0 Å². The van der Waals surface area contributed by atoms with Crippen LogP contribution in [0.4, 0.5) is 0 Å². The summed E-state index contributed by atoms with van der Waals surface area (Å²) in [4.78, 5) is 27.3. The van der Waals surface area contributed by atoms with Crippen LogP contribution in [0.5, 0.6) is 5.75 Å². The molecule has 0 aliphatic heterocycles. The zero-order valence-electron chi connectivity index (χ0n) is 18.1. The van der Waals surface area contributed by atoms with E-state index in [4.69, 9.17) is 4.74 Å². The molecule has 0 saturated heterocycles. The number of carbonyl (C=O) groups excluding carboxylic acids is 2.